The van der Waals surface area contributed by atoms with Gasteiger partial charge >= 0.3 is 0 Å². The molecule has 0 unspecified atom stereocenters. The van der Waals surface area contributed by atoms with Crippen LogP contribution in [0.1, 0.15) is 58.3 Å². The molecule has 1 aromatic heterocycles. The largest absolute Gasteiger partial charge is 0.258 e. The number of rotatable bonds is 5. The van der Waals surface area contributed by atoms with Crippen molar-refractivity contribution in [1.82, 2.24) is 9.97 Å². The zero-order valence-corrected chi connectivity index (χ0v) is 10.4. The molecule has 0 aliphatic carbocycles. The van der Waals surface area contributed by atoms with E-state index in [0.717, 1.165) is 37.1 Å². The molecule has 0 bridgehead atoms. The SMILES string of the molecule is CCCc1cnc(C(C)(CC)CC)cn1. The van der Waals surface area contributed by atoms with Crippen LogP contribution in [0.2, 0.25) is 0 Å². The Hall–Kier alpha value is -0.920. The average molecular weight is 206 g/mol. The normalized spacial score (nSPS) is 11.7. The minimum absolute atomic E-state index is 0.192. The zero-order valence-electron chi connectivity index (χ0n) is 10.4. The van der Waals surface area contributed by atoms with Crippen molar-refractivity contribution in [3.8, 4) is 0 Å². The third-order valence-corrected chi connectivity index (χ3v) is 3.39. The molecule has 84 valence electrons. The van der Waals surface area contributed by atoms with Gasteiger partial charge in [0, 0.05) is 17.8 Å². The maximum atomic E-state index is 4.55. The maximum absolute atomic E-state index is 4.55. The molecule has 0 aliphatic rings. The summed E-state index contributed by atoms with van der Waals surface area (Å²) in [6, 6.07) is 0. The predicted octanol–water partition coefficient (Wildman–Crippen LogP) is 3.51. The van der Waals surface area contributed by atoms with Crippen molar-refractivity contribution < 1.29 is 0 Å². The van der Waals surface area contributed by atoms with Crippen LogP contribution in [0.4, 0.5) is 0 Å². The lowest BCUT2D eigenvalue weighted by atomic mass is 9.82. The van der Waals surface area contributed by atoms with E-state index in [-0.39, 0.29) is 5.41 Å². The van der Waals surface area contributed by atoms with Gasteiger partial charge in [-0.1, -0.05) is 34.1 Å². The predicted molar refractivity (Wildman–Crippen MR) is 64.0 cm³/mol. The molecule has 2 nitrogen and oxygen atoms in total. The molecule has 1 heterocycles. The minimum Gasteiger partial charge on any atom is -0.258 e. The fourth-order valence-electron chi connectivity index (χ4n) is 1.66. The van der Waals surface area contributed by atoms with Crippen LogP contribution in [0.5, 0.6) is 0 Å². The third-order valence-electron chi connectivity index (χ3n) is 3.39. The van der Waals surface area contributed by atoms with E-state index in [1.807, 2.05) is 12.4 Å². The van der Waals surface area contributed by atoms with Gasteiger partial charge in [-0.3, -0.25) is 9.97 Å². The molecule has 15 heavy (non-hydrogen) atoms. The Balaban J connectivity index is 2.87. The quantitative estimate of drug-likeness (QED) is 0.736. The summed E-state index contributed by atoms with van der Waals surface area (Å²) >= 11 is 0. The fourth-order valence-corrected chi connectivity index (χ4v) is 1.66. The number of nitrogens with zero attached hydrogens (tertiary/aromatic N) is 2. The Bertz CT molecular complexity index is 286. The second-order valence-electron chi connectivity index (χ2n) is 4.41. The molecule has 0 fully saturated rings. The van der Waals surface area contributed by atoms with E-state index in [4.69, 9.17) is 0 Å². The van der Waals surface area contributed by atoms with Crippen LogP contribution in [-0.2, 0) is 11.8 Å². The standard InChI is InChI=1S/C13H22N2/c1-5-8-11-9-15-12(10-14-11)13(4,6-2)7-3/h9-10H,5-8H2,1-4H3. The van der Waals surface area contributed by atoms with Crippen LogP contribution in [0.25, 0.3) is 0 Å². The minimum atomic E-state index is 0.192. The molecule has 1 aromatic rings. The van der Waals surface area contributed by atoms with Gasteiger partial charge in [0.1, 0.15) is 0 Å². The topological polar surface area (TPSA) is 25.8 Å². The molecule has 0 aliphatic heterocycles. The lowest BCUT2D eigenvalue weighted by Gasteiger charge is -2.25. The van der Waals surface area contributed by atoms with Crippen molar-refractivity contribution in [3.63, 3.8) is 0 Å². The molecule has 0 amide bonds. The average Bonchev–Trinajstić information content (AvgIpc) is 2.29. The Labute approximate surface area is 93.2 Å². The van der Waals surface area contributed by atoms with E-state index in [2.05, 4.69) is 37.7 Å². The van der Waals surface area contributed by atoms with Crippen LogP contribution in [0.15, 0.2) is 12.4 Å². The summed E-state index contributed by atoms with van der Waals surface area (Å²) in [6.45, 7) is 8.85. The zero-order chi connectivity index (χ0) is 11.3. The highest BCUT2D eigenvalue weighted by Crippen LogP contribution is 2.28. The monoisotopic (exact) mass is 206 g/mol. The van der Waals surface area contributed by atoms with Crippen LogP contribution in [0.3, 0.4) is 0 Å². The first-order valence-corrected chi connectivity index (χ1v) is 5.97. The second kappa shape index (κ2) is 5.24. The Morgan fingerprint density at radius 2 is 1.73 bits per heavy atom. The highest BCUT2D eigenvalue weighted by Gasteiger charge is 2.23. The smallest absolute Gasteiger partial charge is 0.0645 e. The van der Waals surface area contributed by atoms with Crippen molar-refractivity contribution >= 4 is 0 Å². The van der Waals surface area contributed by atoms with E-state index in [0.29, 0.717) is 0 Å². The first-order chi connectivity index (χ1) is 7.16. The number of hydrogen-bond donors (Lipinski definition) is 0. The van der Waals surface area contributed by atoms with Crippen LogP contribution in [0, 0.1) is 0 Å². The summed E-state index contributed by atoms with van der Waals surface area (Å²) in [5.74, 6) is 0. The van der Waals surface area contributed by atoms with Crippen LogP contribution >= 0.6 is 0 Å². The molecule has 1 rings (SSSR count). The molecule has 0 N–H and O–H groups in total. The van der Waals surface area contributed by atoms with Crippen molar-refractivity contribution in [3.05, 3.63) is 23.8 Å². The van der Waals surface area contributed by atoms with Gasteiger partial charge in [0.15, 0.2) is 0 Å². The molecule has 0 radical (unpaired) electrons. The summed E-state index contributed by atoms with van der Waals surface area (Å²) in [5.41, 5.74) is 2.43. The first-order valence-electron chi connectivity index (χ1n) is 5.97. The fraction of sp³-hybridized carbons (Fsp3) is 0.692. The molecule has 0 spiro atoms. The van der Waals surface area contributed by atoms with Gasteiger partial charge in [-0.2, -0.15) is 0 Å². The van der Waals surface area contributed by atoms with Crippen LogP contribution < -0.4 is 0 Å². The van der Waals surface area contributed by atoms with Crippen LogP contribution in [-0.4, -0.2) is 9.97 Å². The molecular weight excluding hydrogens is 184 g/mol. The summed E-state index contributed by atoms with van der Waals surface area (Å²) in [6.07, 6.45) is 8.28. The summed E-state index contributed by atoms with van der Waals surface area (Å²) < 4.78 is 0. The molecular formula is C13H22N2. The van der Waals surface area contributed by atoms with E-state index in [1.54, 1.807) is 0 Å². The molecule has 0 aromatic carbocycles. The highest BCUT2D eigenvalue weighted by molar-refractivity contribution is 5.13. The number of aromatic nitrogens is 2. The Morgan fingerprint density at radius 1 is 1.07 bits per heavy atom. The van der Waals surface area contributed by atoms with E-state index in [9.17, 15) is 0 Å². The lowest BCUT2D eigenvalue weighted by molar-refractivity contribution is 0.423. The van der Waals surface area contributed by atoms with Gasteiger partial charge in [-0.15, -0.1) is 0 Å². The first kappa shape index (κ1) is 12.2. The van der Waals surface area contributed by atoms with Gasteiger partial charge in [0.2, 0.25) is 0 Å². The van der Waals surface area contributed by atoms with E-state index < -0.39 is 0 Å². The van der Waals surface area contributed by atoms with Crippen molar-refractivity contribution in [2.45, 2.75) is 58.8 Å². The van der Waals surface area contributed by atoms with Crippen molar-refractivity contribution in [2.75, 3.05) is 0 Å². The van der Waals surface area contributed by atoms with Gasteiger partial charge < -0.3 is 0 Å². The van der Waals surface area contributed by atoms with Gasteiger partial charge in [-0.25, -0.2) is 0 Å². The highest BCUT2D eigenvalue weighted by atomic mass is 14.8. The summed E-state index contributed by atoms with van der Waals surface area (Å²) in [7, 11) is 0. The van der Waals surface area contributed by atoms with Gasteiger partial charge in [-0.05, 0) is 19.3 Å². The molecule has 0 atom stereocenters. The molecule has 0 saturated carbocycles. The summed E-state index contributed by atoms with van der Waals surface area (Å²) in [5, 5.41) is 0. The van der Waals surface area contributed by atoms with Gasteiger partial charge in [0.25, 0.3) is 0 Å². The molecule has 0 saturated heterocycles. The Kier molecular flexibility index (Phi) is 4.25. The number of hydrogen-bond acceptors (Lipinski definition) is 2. The third kappa shape index (κ3) is 2.77. The maximum Gasteiger partial charge on any atom is 0.0645 e. The van der Waals surface area contributed by atoms with Crippen molar-refractivity contribution in [2.24, 2.45) is 0 Å². The van der Waals surface area contributed by atoms with Crippen molar-refractivity contribution in [1.29, 1.82) is 0 Å². The van der Waals surface area contributed by atoms with Gasteiger partial charge in [0.05, 0.1) is 11.4 Å². The van der Waals surface area contributed by atoms with E-state index >= 15 is 0 Å². The number of aryl methyl sites for hydroxylation is 1. The molecule has 2 heteroatoms. The summed E-state index contributed by atoms with van der Waals surface area (Å²) in [4.78, 5) is 9.02. The van der Waals surface area contributed by atoms with E-state index in [1.165, 1.54) is 0 Å². The Morgan fingerprint density at radius 3 is 2.13 bits per heavy atom. The lowest BCUT2D eigenvalue weighted by Crippen LogP contribution is -2.21. The second-order valence-corrected chi connectivity index (χ2v) is 4.41.